The molecule has 3 aromatic rings. The van der Waals surface area contributed by atoms with Gasteiger partial charge in [0, 0.05) is 37.0 Å². The van der Waals surface area contributed by atoms with Gasteiger partial charge in [0.05, 0.1) is 31.1 Å². The fourth-order valence-electron chi connectivity index (χ4n) is 3.89. The summed E-state index contributed by atoms with van der Waals surface area (Å²) in [5.41, 5.74) is 2.90. The predicted molar refractivity (Wildman–Crippen MR) is 103 cm³/mol. The third-order valence-corrected chi connectivity index (χ3v) is 5.52. The number of aromatic nitrogens is 5. The van der Waals surface area contributed by atoms with E-state index in [0.717, 1.165) is 37.4 Å². The van der Waals surface area contributed by atoms with Crippen molar-refractivity contribution in [3.8, 4) is 28.1 Å². The van der Waals surface area contributed by atoms with Gasteiger partial charge in [0.15, 0.2) is 0 Å². The van der Waals surface area contributed by atoms with E-state index in [1.54, 1.807) is 24.7 Å². The first-order chi connectivity index (χ1) is 13.7. The van der Waals surface area contributed by atoms with Gasteiger partial charge in [-0.25, -0.2) is 4.98 Å². The number of benzene rings is 1. The highest BCUT2D eigenvalue weighted by molar-refractivity contribution is 5.73. The van der Waals surface area contributed by atoms with E-state index in [0.29, 0.717) is 23.2 Å². The summed E-state index contributed by atoms with van der Waals surface area (Å²) in [6.07, 6.45) is 5.32. The number of phenols is 1. The number of hydrogen-bond acceptors (Lipinski definition) is 8. The van der Waals surface area contributed by atoms with Crippen molar-refractivity contribution in [2.24, 2.45) is 0 Å². The molecule has 0 unspecified atom stereocenters. The number of aromatic hydroxyl groups is 1. The minimum absolute atomic E-state index is 0.129. The van der Waals surface area contributed by atoms with Gasteiger partial charge in [0.2, 0.25) is 5.95 Å². The molecule has 2 aromatic heterocycles. The van der Waals surface area contributed by atoms with Crippen molar-refractivity contribution in [3.63, 3.8) is 0 Å². The Morgan fingerprint density at radius 2 is 2.11 bits per heavy atom. The Morgan fingerprint density at radius 3 is 2.82 bits per heavy atom. The number of anilines is 1. The number of hydrogen-bond donors (Lipinski definition) is 2. The van der Waals surface area contributed by atoms with Gasteiger partial charge in [-0.3, -0.25) is 10.00 Å². The Balaban J connectivity index is 1.36. The lowest BCUT2D eigenvalue weighted by molar-refractivity contribution is -0.0362. The van der Waals surface area contributed by atoms with Crippen molar-refractivity contribution in [1.82, 2.24) is 30.3 Å². The highest BCUT2D eigenvalue weighted by Crippen LogP contribution is 2.32. The molecule has 9 heteroatoms. The number of likely N-dealkylation sites (N-methyl/N-ethyl adjacent to an activating group) is 1. The van der Waals surface area contributed by atoms with E-state index in [9.17, 15) is 5.11 Å². The van der Waals surface area contributed by atoms with Crippen LogP contribution < -0.4 is 4.90 Å². The molecule has 1 aromatic carbocycles. The minimum atomic E-state index is 0.129. The Bertz CT molecular complexity index is 961. The summed E-state index contributed by atoms with van der Waals surface area (Å²) in [7, 11) is 2.13. The van der Waals surface area contributed by atoms with E-state index in [-0.39, 0.29) is 11.9 Å². The van der Waals surface area contributed by atoms with Gasteiger partial charge < -0.3 is 14.7 Å². The zero-order valence-corrected chi connectivity index (χ0v) is 15.5. The first-order valence-corrected chi connectivity index (χ1v) is 9.28. The first kappa shape index (κ1) is 17.1. The quantitative estimate of drug-likeness (QED) is 0.699. The number of fused-ring (bicyclic) bond motifs is 1. The molecule has 144 valence electrons. The van der Waals surface area contributed by atoms with E-state index in [2.05, 4.69) is 42.2 Å². The first-order valence-electron chi connectivity index (χ1n) is 9.28. The van der Waals surface area contributed by atoms with Gasteiger partial charge in [-0.2, -0.15) is 5.10 Å². The van der Waals surface area contributed by atoms with Gasteiger partial charge in [0.1, 0.15) is 11.4 Å². The third-order valence-electron chi connectivity index (χ3n) is 5.52. The standard InChI is InChI=1S/C19H21N7O2/c1-25-4-5-28-18-11-26(10-16(18)25)19-20-9-15(23-24-19)14-3-2-12(6-17(14)27)13-7-21-22-8-13/h2-3,6-9,16,18,27H,4-5,10-11H2,1H3,(H,21,22)/t16-,18+/m0/s1. The number of ether oxygens (including phenoxy) is 1. The van der Waals surface area contributed by atoms with Crippen LogP contribution >= 0.6 is 0 Å². The summed E-state index contributed by atoms with van der Waals surface area (Å²) >= 11 is 0. The average molecular weight is 379 g/mol. The topological polar surface area (TPSA) is 103 Å². The molecule has 9 nitrogen and oxygen atoms in total. The number of rotatable bonds is 3. The maximum absolute atomic E-state index is 10.4. The molecule has 4 heterocycles. The van der Waals surface area contributed by atoms with Crippen molar-refractivity contribution in [3.05, 3.63) is 36.8 Å². The second kappa shape index (κ2) is 6.84. The SMILES string of the molecule is CN1CCO[C@@H]2CN(c3ncc(-c4ccc(-c5cn[nH]c5)cc4O)nn3)C[C@@H]21. The number of aromatic amines is 1. The summed E-state index contributed by atoms with van der Waals surface area (Å²) < 4.78 is 5.88. The molecule has 0 spiro atoms. The van der Waals surface area contributed by atoms with Gasteiger partial charge in [-0.15, -0.1) is 10.2 Å². The zero-order chi connectivity index (χ0) is 19.1. The molecule has 0 amide bonds. The van der Waals surface area contributed by atoms with E-state index in [1.165, 1.54) is 0 Å². The second-order valence-corrected chi connectivity index (χ2v) is 7.22. The molecule has 2 atom stereocenters. The summed E-state index contributed by atoms with van der Waals surface area (Å²) in [6, 6.07) is 5.77. The van der Waals surface area contributed by atoms with E-state index < -0.39 is 0 Å². The van der Waals surface area contributed by atoms with Crippen LogP contribution in [0.3, 0.4) is 0 Å². The van der Waals surface area contributed by atoms with Crippen molar-refractivity contribution in [1.29, 1.82) is 0 Å². The molecular weight excluding hydrogens is 358 g/mol. The lowest BCUT2D eigenvalue weighted by atomic mass is 10.0. The van der Waals surface area contributed by atoms with Gasteiger partial charge in [-0.05, 0) is 24.7 Å². The fourth-order valence-corrected chi connectivity index (χ4v) is 3.89. The number of H-pyrrole nitrogens is 1. The molecule has 2 N–H and O–H groups in total. The Hall–Kier alpha value is -3.04. The molecule has 5 rings (SSSR count). The van der Waals surface area contributed by atoms with E-state index >= 15 is 0 Å². The normalized spacial score (nSPS) is 22.4. The Kier molecular flexibility index (Phi) is 4.18. The van der Waals surface area contributed by atoms with Gasteiger partial charge in [0.25, 0.3) is 0 Å². The maximum Gasteiger partial charge on any atom is 0.245 e. The summed E-state index contributed by atoms with van der Waals surface area (Å²) in [5, 5.41) is 25.7. The molecule has 0 saturated carbocycles. The fraction of sp³-hybridized carbons (Fsp3) is 0.368. The van der Waals surface area contributed by atoms with Gasteiger partial charge >= 0.3 is 0 Å². The molecule has 28 heavy (non-hydrogen) atoms. The van der Waals surface area contributed by atoms with Crippen LogP contribution in [0.4, 0.5) is 5.95 Å². The summed E-state index contributed by atoms with van der Waals surface area (Å²) in [6.45, 7) is 3.30. The molecular formula is C19H21N7O2. The predicted octanol–water partition coefficient (Wildman–Crippen LogP) is 1.15. The van der Waals surface area contributed by atoms with Crippen LogP contribution in [0.5, 0.6) is 5.75 Å². The molecule has 0 bridgehead atoms. The van der Waals surface area contributed by atoms with Crippen LogP contribution in [0.25, 0.3) is 22.4 Å². The smallest absolute Gasteiger partial charge is 0.245 e. The second-order valence-electron chi connectivity index (χ2n) is 7.22. The highest BCUT2D eigenvalue weighted by Gasteiger charge is 2.39. The van der Waals surface area contributed by atoms with Crippen LogP contribution in [-0.4, -0.2) is 80.8 Å². The Labute approximate surface area is 162 Å². The molecule has 2 saturated heterocycles. The van der Waals surface area contributed by atoms with Crippen molar-refractivity contribution in [2.45, 2.75) is 12.1 Å². The zero-order valence-electron chi connectivity index (χ0n) is 15.5. The lowest BCUT2D eigenvalue weighted by Gasteiger charge is -2.33. The molecule has 0 aliphatic carbocycles. The monoisotopic (exact) mass is 379 g/mol. The van der Waals surface area contributed by atoms with E-state index in [1.807, 2.05) is 12.1 Å². The van der Waals surface area contributed by atoms with Crippen LogP contribution in [-0.2, 0) is 4.74 Å². The average Bonchev–Trinajstić information content (AvgIpc) is 3.39. The van der Waals surface area contributed by atoms with Crippen molar-refractivity contribution >= 4 is 5.95 Å². The van der Waals surface area contributed by atoms with Crippen LogP contribution in [0, 0.1) is 0 Å². The largest absolute Gasteiger partial charge is 0.507 e. The molecule has 2 aliphatic heterocycles. The summed E-state index contributed by atoms with van der Waals surface area (Å²) in [5.74, 6) is 0.717. The molecule has 2 aliphatic rings. The third kappa shape index (κ3) is 2.98. The van der Waals surface area contributed by atoms with Gasteiger partial charge in [-0.1, -0.05) is 6.07 Å². The Morgan fingerprint density at radius 1 is 1.18 bits per heavy atom. The van der Waals surface area contributed by atoms with Crippen LogP contribution in [0.15, 0.2) is 36.8 Å². The van der Waals surface area contributed by atoms with Crippen molar-refractivity contribution in [2.75, 3.05) is 38.2 Å². The maximum atomic E-state index is 10.4. The van der Waals surface area contributed by atoms with E-state index in [4.69, 9.17) is 4.74 Å². The highest BCUT2D eigenvalue weighted by atomic mass is 16.5. The minimum Gasteiger partial charge on any atom is -0.507 e. The van der Waals surface area contributed by atoms with Crippen LogP contribution in [0.2, 0.25) is 0 Å². The number of phenolic OH excluding ortho intramolecular Hbond substituents is 1. The number of morpholine rings is 1. The molecule has 2 fully saturated rings. The lowest BCUT2D eigenvalue weighted by Crippen LogP contribution is -2.48. The van der Waals surface area contributed by atoms with Crippen LogP contribution in [0.1, 0.15) is 0 Å². The molecule has 0 radical (unpaired) electrons. The van der Waals surface area contributed by atoms with Crippen molar-refractivity contribution < 1.29 is 9.84 Å². The number of nitrogens with zero attached hydrogens (tertiary/aromatic N) is 6. The number of nitrogens with one attached hydrogen (secondary N) is 1. The summed E-state index contributed by atoms with van der Waals surface area (Å²) in [4.78, 5) is 8.92.